The third-order valence-electron chi connectivity index (χ3n) is 4.93. The molecule has 0 spiro atoms. The standard InChI is InChI=1S/C14H24N2O7/c1-5-4-6(17)14(20)13(21-5)22-12-10(19)7(15-2)9(18)8(16-3)11(12)23-14/h5,7-13,15-16,18-20H,4H2,1-3H3/t5-,7+,8-,9-,10+,11-,12+,13-,14-/m0/s1. The van der Waals surface area contributed by atoms with Crippen molar-refractivity contribution < 1.29 is 34.3 Å². The molecular formula is C14H24N2O7. The molecule has 1 aliphatic carbocycles. The van der Waals surface area contributed by atoms with Gasteiger partial charge in [0.1, 0.15) is 18.3 Å². The maximum Gasteiger partial charge on any atom is 0.280 e. The van der Waals surface area contributed by atoms with Gasteiger partial charge in [-0.1, -0.05) is 0 Å². The average molecular weight is 332 g/mol. The van der Waals surface area contributed by atoms with Crippen molar-refractivity contribution in [2.24, 2.45) is 0 Å². The largest absolute Gasteiger partial charge is 0.390 e. The molecular weight excluding hydrogens is 308 g/mol. The van der Waals surface area contributed by atoms with E-state index in [0.29, 0.717) is 0 Å². The first-order chi connectivity index (χ1) is 10.8. The SMILES string of the molecule is CN[C@H]1[C@@H](O)[C@H]2O[C@@H]3O[C@@H](C)CC(=O)[C@]3(O)O[C@H]2[C@@H](NC)[C@H]1O. The van der Waals surface area contributed by atoms with E-state index < -0.39 is 60.5 Å². The molecule has 2 heterocycles. The van der Waals surface area contributed by atoms with Crippen molar-refractivity contribution in [3.05, 3.63) is 0 Å². The van der Waals surface area contributed by atoms with E-state index in [1.54, 1.807) is 21.0 Å². The van der Waals surface area contributed by atoms with Gasteiger partial charge in [-0.05, 0) is 21.0 Å². The Kier molecular flexibility index (Phi) is 4.49. The maximum atomic E-state index is 12.2. The third kappa shape index (κ3) is 2.52. The van der Waals surface area contributed by atoms with Crippen LogP contribution in [0.3, 0.4) is 0 Å². The number of hydrogen-bond acceptors (Lipinski definition) is 9. The molecule has 0 bridgehead atoms. The third-order valence-corrected chi connectivity index (χ3v) is 4.93. The Bertz CT molecular complexity index is 478. The van der Waals surface area contributed by atoms with Gasteiger partial charge in [0.25, 0.3) is 5.79 Å². The fourth-order valence-electron chi connectivity index (χ4n) is 3.68. The van der Waals surface area contributed by atoms with Gasteiger partial charge in [0.2, 0.25) is 6.29 Å². The molecule has 0 aromatic heterocycles. The number of carbonyl (C=O) groups excluding carboxylic acids is 1. The first kappa shape index (κ1) is 17.2. The van der Waals surface area contributed by atoms with Crippen LogP contribution in [0.2, 0.25) is 0 Å². The van der Waals surface area contributed by atoms with Gasteiger partial charge >= 0.3 is 0 Å². The number of hydrogen-bond donors (Lipinski definition) is 5. The summed E-state index contributed by atoms with van der Waals surface area (Å²) in [5, 5.41) is 37.2. The van der Waals surface area contributed by atoms with Crippen LogP contribution in [-0.2, 0) is 19.0 Å². The Morgan fingerprint density at radius 3 is 2.35 bits per heavy atom. The molecule has 0 unspecified atom stereocenters. The summed E-state index contributed by atoms with van der Waals surface area (Å²) in [6, 6.07) is -1.29. The number of nitrogens with one attached hydrogen (secondary N) is 2. The summed E-state index contributed by atoms with van der Waals surface area (Å²) in [5.74, 6) is -2.76. The molecule has 9 heteroatoms. The predicted octanol–water partition coefficient (Wildman–Crippen LogP) is -2.93. The van der Waals surface area contributed by atoms with E-state index in [-0.39, 0.29) is 6.42 Å². The van der Waals surface area contributed by atoms with Crippen molar-refractivity contribution >= 4 is 5.78 Å². The molecule has 9 nitrogen and oxygen atoms in total. The molecule has 0 aromatic rings. The van der Waals surface area contributed by atoms with E-state index >= 15 is 0 Å². The van der Waals surface area contributed by atoms with Gasteiger partial charge in [0.05, 0.1) is 24.3 Å². The monoisotopic (exact) mass is 332 g/mol. The van der Waals surface area contributed by atoms with Gasteiger partial charge in [0, 0.05) is 6.42 Å². The summed E-state index contributed by atoms with van der Waals surface area (Å²) in [4.78, 5) is 12.2. The Hall–Kier alpha value is -0.650. The second-order valence-corrected chi connectivity index (χ2v) is 6.40. The number of rotatable bonds is 2. The Morgan fingerprint density at radius 1 is 1.09 bits per heavy atom. The second kappa shape index (κ2) is 6.01. The van der Waals surface area contributed by atoms with Crippen molar-refractivity contribution in [3.8, 4) is 0 Å². The molecule has 3 aliphatic rings. The zero-order chi connectivity index (χ0) is 16.9. The Balaban J connectivity index is 1.92. The fourth-order valence-corrected chi connectivity index (χ4v) is 3.68. The molecule has 23 heavy (non-hydrogen) atoms. The quantitative estimate of drug-likeness (QED) is 0.361. The number of aliphatic hydroxyl groups is 3. The first-order valence-electron chi connectivity index (χ1n) is 7.78. The summed E-state index contributed by atoms with van der Waals surface area (Å²) in [6.45, 7) is 1.70. The molecule has 3 fully saturated rings. The minimum absolute atomic E-state index is 0.00220. The second-order valence-electron chi connectivity index (χ2n) is 6.40. The molecule has 0 aromatic carbocycles. The van der Waals surface area contributed by atoms with Gasteiger partial charge in [0.15, 0.2) is 5.78 Å². The number of aliphatic hydroxyl groups excluding tert-OH is 2. The van der Waals surface area contributed by atoms with Crippen molar-refractivity contribution in [1.29, 1.82) is 0 Å². The lowest BCUT2D eigenvalue weighted by atomic mass is 9.80. The van der Waals surface area contributed by atoms with Crippen molar-refractivity contribution in [3.63, 3.8) is 0 Å². The smallest absolute Gasteiger partial charge is 0.280 e. The number of ketones is 1. The van der Waals surface area contributed by atoms with E-state index in [2.05, 4.69) is 10.6 Å². The summed E-state index contributed by atoms with van der Waals surface area (Å²) in [7, 11) is 3.24. The van der Waals surface area contributed by atoms with E-state index in [1.165, 1.54) is 0 Å². The van der Waals surface area contributed by atoms with Crippen LogP contribution < -0.4 is 10.6 Å². The fraction of sp³-hybridized carbons (Fsp3) is 0.929. The van der Waals surface area contributed by atoms with Crippen LogP contribution in [0.25, 0.3) is 0 Å². The normalized spacial score (nSPS) is 53.6. The number of likely N-dealkylation sites (N-methyl/N-ethyl adjacent to an activating group) is 2. The van der Waals surface area contributed by atoms with E-state index in [4.69, 9.17) is 14.2 Å². The van der Waals surface area contributed by atoms with Gasteiger partial charge in [-0.3, -0.25) is 4.79 Å². The van der Waals surface area contributed by atoms with Gasteiger partial charge in [-0.25, -0.2) is 0 Å². The van der Waals surface area contributed by atoms with Crippen LogP contribution >= 0.6 is 0 Å². The minimum atomic E-state index is -2.23. The summed E-state index contributed by atoms with van der Waals surface area (Å²) < 4.78 is 16.8. The maximum absolute atomic E-state index is 12.2. The van der Waals surface area contributed by atoms with Crippen molar-refractivity contribution in [2.75, 3.05) is 14.1 Å². The molecule has 9 atom stereocenters. The van der Waals surface area contributed by atoms with E-state index in [9.17, 15) is 20.1 Å². The molecule has 3 rings (SSSR count). The van der Waals surface area contributed by atoms with Crippen molar-refractivity contribution in [1.82, 2.24) is 10.6 Å². The lowest BCUT2D eigenvalue weighted by molar-refractivity contribution is -0.420. The highest BCUT2D eigenvalue weighted by Crippen LogP contribution is 2.40. The van der Waals surface area contributed by atoms with Crippen LogP contribution in [0.5, 0.6) is 0 Å². The Labute approximate surface area is 133 Å². The zero-order valence-electron chi connectivity index (χ0n) is 13.3. The van der Waals surface area contributed by atoms with Crippen LogP contribution in [0.4, 0.5) is 0 Å². The van der Waals surface area contributed by atoms with Crippen molar-refractivity contribution in [2.45, 2.75) is 68.0 Å². The zero-order valence-corrected chi connectivity index (χ0v) is 13.3. The molecule has 2 saturated heterocycles. The average Bonchev–Trinajstić information content (AvgIpc) is 2.49. The highest BCUT2D eigenvalue weighted by molar-refractivity contribution is 5.87. The number of carbonyl (C=O) groups is 1. The topological polar surface area (TPSA) is 130 Å². The van der Waals surface area contributed by atoms with Gasteiger partial charge < -0.3 is 40.2 Å². The van der Waals surface area contributed by atoms with Crippen LogP contribution in [0, 0.1) is 0 Å². The van der Waals surface area contributed by atoms with Gasteiger partial charge in [-0.15, -0.1) is 0 Å². The number of ether oxygens (including phenoxy) is 3. The number of Topliss-reactive ketones (excluding diaryl/α,β-unsaturated/α-hetero) is 1. The molecule has 1 saturated carbocycles. The summed E-state index contributed by atoms with van der Waals surface area (Å²) >= 11 is 0. The lowest BCUT2D eigenvalue weighted by Gasteiger charge is -2.55. The van der Waals surface area contributed by atoms with Crippen LogP contribution in [0.1, 0.15) is 13.3 Å². The molecule has 0 amide bonds. The summed E-state index contributed by atoms with van der Waals surface area (Å²) in [6.07, 6.45) is -5.58. The van der Waals surface area contributed by atoms with Crippen LogP contribution in [0.15, 0.2) is 0 Å². The predicted molar refractivity (Wildman–Crippen MR) is 76.4 cm³/mol. The highest BCUT2D eigenvalue weighted by atomic mass is 16.8. The molecule has 5 N–H and O–H groups in total. The number of fused-ring (bicyclic) bond motifs is 2. The molecule has 0 radical (unpaired) electrons. The first-order valence-corrected chi connectivity index (χ1v) is 7.78. The van der Waals surface area contributed by atoms with E-state index in [0.717, 1.165) is 0 Å². The van der Waals surface area contributed by atoms with E-state index in [1.807, 2.05) is 0 Å². The highest BCUT2D eigenvalue weighted by Gasteiger charge is 2.63. The molecule has 2 aliphatic heterocycles. The Morgan fingerprint density at radius 2 is 1.74 bits per heavy atom. The lowest BCUT2D eigenvalue weighted by Crippen LogP contribution is -2.77. The molecule has 132 valence electrons. The van der Waals surface area contributed by atoms with Crippen LogP contribution in [-0.4, -0.2) is 89.9 Å². The van der Waals surface area contributed by atoms with Gasteiger partial charge in [-0.2, -0.15) is 0 Å². The minimum Gasteiger partial charge on any atom is -0.390 e. The summed E-state index contributed by atoms with van der Waals surface area (Å²) in [5.41, 5.74) is 0.